The molecule has 0 aromatic heterocycles. The van der Waals surface area contributed by atoms with Crippen molar-refractivity contribution in [1.82, 2.24) is 5.32 Å². The van der Waals surface area contributed by atoms with Crippen molar-refractivity contribution < 1.29 is 0 Å². The van der Waals surface area contributed by atoms with E-state index in [-0.39, 0.29) is 0 Å². The molecule has 84 valence electrons. The van der Waals surface area contributed by atoms with E-state index in [2.05, 4.69) is 26.1 Å². The Morgan fingerprint density at radius 2 is 1.93 bits per heavy atom. The third-order valence-corrected chi connectivity index (χ3v) is 3.76. The van der Waals surface area contributed by atoms with Crippen LogP contribution in [-0.2, 0) is 0 Å². The van der Waals surface area contributed by atoms with Crippen LogP contribution in [0.4, 0.5) is 0 Å². The van der Waals surface area contributed by atoms with Gasteiger partial charge in [-0.05, 0) is 50.1 Å². The van der Waals surface area contributed by atoms with Gasteiger partial charge < -0.3 is 5.32 Å². The average Bonchev–Trinajstić information content (AvgIpc) is 2.20. The highest BCUT2D eigenvalue weighted by atomic mass is 14.9. The first-order chi connectivity index (χ1) is 6.77. The van der Waals surface area contributed by atoms with Gasteiger partial charge in [-0.2, -0.15) is 0 Å². The van der Waals surface area contributed by atoms with Crippen LogP contribution in [-0.4, -0.2) is 13.1 Å². The molecular weight excluding hydrogens is 170 g/mol. The molecule has 3 unspecified atom stereocenters. The summed E-state index contributed by atoms with van der Waals surface area (Å²) in [7, 11) is 0. The molecule has 0 aromatic carbocycles. The molecule has 0 saturated heterocycles. The third kappa shape index (κ3) is 3.61. The Balaban J connectivity index is 2.27. The Kier molecular flexibility index (Phi) is 5.54. The Bertz CT molecular complexity index is 144. The van der Waals surface area contributed by atoms with E-state index >= 15 is 0 Å². The van der Waals surface area contributed by atoms with Gasteiger partial charge in [0, 0.05) is 0 Å². The minimum Gasteiger partial charge on any atom is -0.316 e. The van der Waals surface area contributed by atoms with Gasteiger partial charge in [-0.15, -0.1) is 0 Å². The van der Waals surface area contributed by atoms with Crippen molar-refractivity contribution in [3.8, 4) is 0 Å². The van der Waals surface area contributed by atoms with Crippen molar-refractivity contribution in [3.63, 3.8) is 0 Å². The summed E-state index contributed by atoms with van der Waals surface area (Å²) in [5.74, 6) is 2.92. The maximum absolute atomic E-state index is 3.58. The van der Waals surface area contributed by atoms with Crippen LogP contribution < -0.4 is 5.32 Å². The van der Waals surface area contributed by atoms with Gasteiger partial charge in [0.15, 0.2) is 0 Å². The van der Waals surface area contributed by atoms with Crippen LogP contribution >= 0.6 is 0 Å². The lowest BCUT2D eigenvalue weighted by atomic mass is 9.73. The predicted octanol–water partition coefficient (Wildman–Crippen LogP) is 3.45. The van der Waals surface area contributed by atoms with Crippen LogP contribution in [0.2, 0.25) is 0 Å². The maximum Gasteiger partial charge on any atom is -0.00179 e. The molecule has 3 atom stereocenters. The van der Waals surface area contributed by atoms with E-state index in [0.29, 0.717) is 0 Å². The first-order valence-electron chi connectivity index (χ1n) is 6.48. The molecule has 0 amide bonds. The normalized spacial score (nSPS) is 33.2. The lowest BCUT2D eigenvalue weighted by Gasteiger charge is -2.34. The minimum atomic E-state index is 0.961. The molecule has 0 spiro atoms. The molecule has 1 aliphatic carbocycles. The van der Waals surface area contributed by atoms with Crippen LogP contribution in [0.5, 0.6) is 0 Å². The third-order valence-electron chi connectivity index (χ3n) is 3.76. The van der Waals surface area contributed by atoms with Crippen LogP contribution in [0.25, 0.3) is 0 Å². The Morgan fingerprint density at radius 1 is 1.14 bits per heavy atom. The standard InChI is InChI=1S/C13H27N/c1-4-8-14-10-13-7-6-11(3)9-12(13)5-2/h11-14H,4-10H2,1-3H3. The molecule has 1 nitrogen and oxygen atoms in total. The smallest absolute Gasteiger partial charge is 0.00179 e. The molecule has 0 radical (unpaired) electrons. The number of hydrogen-bond acceptors (Lipinski definition) is 1. The second kappa shape index (κ2) is 6.44. The van der Waals surface area contributed by atoms with E-state index in [4.69, 9.17) is 0 Å². The largest absolute Gasteiger partial charge is 0.316 e. The van der Waals surface area contributed by atoms with Crippen molar-refractivity contribution in [2.24, 2.45) is 17.8 Å². The fourth-order valence-corrected chi connectivity index (χ4v) is 2.79. The van der Waals surface area contributed by atoms with Crippen molar-refractivity contribution in [1.29, 1.82) is 0 Å². The summed E-state index contributed by atoms with van der Waals surface area (Å²) in [4.78, 5) is 0. The maximum atomic E-state index is 3.58. The summed E-state index contributed by atoms with van der Waals surface area (Å²) >= 11 is 0. The fourth-order valence-electron chi connectivity index (χ4n) is 2.79. The second-order valence-corrected chi connectivity index (χ2v) is 5.05. The molecule has 1 saturated carbocycles. The van der Waals surface area contributed by atoms with Gasteiger partial charge in [0.05, 0.1) is 0 Å². The summed E-state index contributed by atoms with van der Waals surface area (Å²) in [6.07, 6.45) is 7.02. The highest BCUT2D eigenvalue weighted by molar-refractivity contribution is 4.79. The molecule has 0 bridgehead atoms. The second-order valence-electron chi connectivity index (χ2n) is 5.05. The van der Waals surface area contributed by atoms with Gasteiger partial charge in [-0.3, -0.25) is 0 Å². The SMILES string of the molecule is CCCNCC1CCC(C)CC1CC. The van der Waals surface area contributed by atoms with Gasteiger partial charge in [0.25, 0.3) is 0 Å². The zero-order valence-electron chi connectivity index (χ0n) is 10.2. The van der Waals surface area contributed by atoms with E-state index in [1.54, 1.807) is 0 Å². The molecule has 0 aromatic rings. The quantitative estimate of drug-likeness (QED) is 0.666. The molecular formula is C13H27N. The average molecular weight is 197 g/mol. The Morgan fingerprint density at radius 3 is 2.57 bits per heavy atom. The molecule has 1 heteroatoms. The molecule has 0 heterocycles. The zero-order valence-corrected chi connectivity index (χ0v) is 10.2. The van der Waals surface area contributed by atoms with E-state index in [9.17, 15) is 0 Å². The van der Waals surface area contributed by atoms with Gasteiger partial charge in [-0.1, -0.05) is 33.6 Å². The van der Waals surface area contributed by atoms with E-state index in [1.165, 1.54) is 45.2 Å². The molecule has 0 aliphatic heterocycles. The van der Waals surface area contributed by atoms with Crippen molar-refractivity contribution >= 4 is 0 Å². The van der Waals surface area contributed by atoms with E-state index in [1.807, 2.05) is 0 Å². The van der Waals surface area contributed by atoms with Crippen molar-refractivity contribution in [2.45, 2.75) is 52.9 Å². The summed E-state index contributed by atoms with van der Waals surface area (Å²) < 4.78 is 0. The van der Waals surface area contributed by atoms with Crippen LogP contribution in [0.3, 0.4) is 0 Å². The van der Waals surface area contributed by atoms with Gasteiger partial charge >= 0.3 is 0 Å². The monoisotopic (exact) mass is 197 g/mol. The van der Waals surface area contributed by atoms with Crippen molar-refractivity contribution in [2.75, 3.05) is 13.1 Å². The summed E-state index contributed by atoms with van der Waals surface area (Å²) in [6.45, 7) is 9.47. The van der Waals surface area contributed by atoms with Gasteiger partial charge in [0.2, 0.25) is 0 Å². The highest BCUT2D eigenvalue weighted by Gasteiger charge is 2.26. The molecule has 1 fully saturated rings. The lowest BCUT2D eigenvalue weighted by molar-refractivity contribution is 0.180. The van der Waals surface area contributed by atoms with Gasteiger partial charge in [-0.25, -0.2) is 0 Å². The van der Waals surface area contributed by atoms with E-state index in [0.717, 1.165) is 17.8 Å². The van der Waals surface area contributed by atoms with Crippen LogP contribution in [0, 0.1) is 17.8 Å². The molecule has 1 rings (SSSR count). The van der Waals surface area contributed by atoms with E-state index < -0.39 is 0 Å². The lowest BCUT2D eigenvalue weighted by Crippen LogP contribution is -2.32. The first-order valence-corrected chi connectivity index (χ1v) is 6.48. The molecule has 14 heavy (non-hydrogen) atoms. The summed E-state index contributed by atoms with van der Waals surface area (Å²) in [5, 5.41) is 3.58. The number of nitrogens with one attached hydrogen (secondary N) is 1. The highest BCUT2D eigenvalue weighted by Crippen LogP contribution is 2.35. The Labute approximate surface area is 89.7 Å². The summed E-state index contributed by atoms with van der Waals surface area (Å²) in [6, 6.07) is 0. The fraction of sp³-hybridized carbons (Fsp3) is 1.00. The Hall–Kier alpha value is -0.0400. The van der Waals surface area contributed by atoms with Crippen LogP contribution in [0.15, 0.2) is 0 Å². The first kappa shape index (κ1) is 12.0. The van der Waals surface area contributed by atoms with Crippen LogP contribution in [0.1, 0.15) is 52.9 Å². The minimum absolute atomic E-state index is 0.961. The number of rotatable bonds is 5. The van der Waals surface area contributed by atoms with Gasteiger partial charge in [0.1, 0.15) is 0 Å². The zero-order chi connectivity index (χ0) is 10.4. The summed E-state index contributed by atoms with van der Waals surface area (Å²) in [5.41, 5.74) is 0. The molecule has 1 N–H and O–H groups in total. The topological polar surface area (TPSA) is 12.0 Å². The molecule has 1 aliphatic rings. The number of hydrogen-bond donors (Lipinski definition) is 1. The predicted molar refractivity (Wildman–Crippen MR) is 63.4 cm³/mol. The van der Waals surface area contributed by atoms with Crippen molar-refractivity contribution in [3.05, 3.63) is 0 Å².